The normalized spacial score (nSPS) is 28.1. The maximum Gasteiger partial charge on any atom is 0.228 e. The Morgan fingerprint density at radius 1 is 0.929 bits per heavy atom. The van der Waals surface area contributed by atoms with Crippen molar-refractivity contribution in [3.05, 3.63) is 71.8 Å². The number of carbonyl (C=O) groups excluding carboxylic acids is 1. The van der Waals surface area contributed by atoms with Crippen LogP contribution >= 0.6 is 0 Å². The third-order valence-corrected chi connectivity index (χ3v) is 7.04. The lowest BCUT2D eigenvalue weighted by atomic mass is 9.92. The van der Waals surface area contributed by atoms with Gasteiger partial charge in [-0.1, -0.05) is 60.7 Å². The summed E-state index contributed by atoms with van der Waals surface area (Å²) in [4.78, 5) is 15.8. The summed E-state index contributed by atoms with van der Waals surface area (Å²) in [7, 11) is 0. The molecule has 3 fully saturated rings. The molecule has 4 unspecified atom stereocenters. The minimum Gasteiger partial charge on any atom is -0.352 e. The Morgan fingerprint density at radius 2 is 1.64 bits per heavy atom. The molecule has 2 aromatic rings. The second kappa shape index (κ2) is 7.71. The van der Waals surface area contributed by atoms with Gasteiger partial charge in [-0.2, -0.15) is 0 Å². The number of rotatable bonds is 6. The fourth-order valence-corrected chi connectivity index (χ4v) is 5.51. The molecular formula is C25H30N2O. The van der Waals surface area contributed by atoms with Gasteiger partial charge in [-0.15, -0.1) is 0 Å². The summed E-state index contributed by atoms with van der Waals surface area (Å²) in [5.41, 5.74) is 2.58. The number of carbonyl (C=O) groups is 1. The van der Waals surface area contributed by atoms with Crippen LogP contribution in [0.3, 0.4) is 0 Å². The highest BCUT2D eigenvalue weighted by atomic mass is 16.2. The van der Waals surface area contributed by atoms with Crippen molar-refractivity contribution < 1.29 is 4.79 Å². The van der Waals surface area contributed by atoms with Crippen molar-refractivity contribution >= 4 is 5.91 Å². The van der Waals surface area contributed by atoms with Gasteiger partial charge in [-0.25, -0.2) is 0 Å². The number of amides is 1. The molecule has 2 aliphatic carbocycles. The Balaban J connectivity index is 1.23. The van der Waals surface area contributed by atoms with Gasteiger partial charge in [-0.3, -0.25) is 9.69 Å². The fourth-order valence-electron chi connectivity index (χ4n) is 5.51. The molecule has 3 heteroatoms. The van der Waals surface area contributed by atoms with Crippen LogP contribution in [-0.2, 0) is 11.3 Å². The number of hydrogen-bond acceptors (Lipinski definition) is 2. The smallest absolute Gasteiger partial charge is 0.228 e. The number of fused-ring (bicyclic) bond motifs is 1. The number of nitrogens with one attached hydrogen (secondary N) is 1. The predicted molar refractivity (Wildman–Crippen MR) is 112 cm³/mol. The van der Waals surface area contributed by atoms with E-state index in [9.17, 15) is 4.79 Å². The largest absolute Gasteiger partial charge is 0.352 e. The third kappa shape index (κ3) is 3.73. The summed E-state index contributed by atoms with van der Waals surface area (Å²) in [5, 5.41) is 3.49. The van der Waals surface area contributed by atoms with Crippen molar-refractivity contribution in [2.45, 2.75) is 44.2 Å². The summed E-state index contributed by atoms with van der Waals surface area (Å²) < 4.78 is 0. The predicted octanol–water partition coefficient (Wildman–Crippen LogP) is 4.21. The lowest BCUT2D eigenvalue weighted by molar-refractivity contribution is -0.124. The maximum atomic E-state index is 13.2. The molecule has 5 rings (SSSR count). The lowest BCUT2D eigenvalue weighted by Crippen LogP contribution is -2.42. The lowest BCUT2D eigenvalue weighted by Gasteiger charge is -2.25. The first kappa shape index (κ1) is 17.9. The van der Waals surface area contributed by atoms with Crippen molar-refractivity contribution in [2.75, 3.05) is 13.1 Å². The number of benzene rings is 2. The third-order valence-electron chi connectivity index (χ3n) is 7.04. The Kier molecular flexibility index (Phi) is 4.94. The molecule has 0 bridgehead atoms. The molecular weight excluding hydrogens is 344 g/mol. The minimum absolute atomic E-state index is 0.0436. The molecule has 2 aromatic carbocycles. The van der Waals surface area contributed by atoms with Crippen molar-refractivity contribution in [3.63, 3.8) is 0 Å². The molecule has 28 heavy (non-hydrogen) atoms. The maximum absolute atomic E-state index is 13.2. The Morgan fingerprint density at radius 3 is 2.36 bits per heavy atom. The van der Waals surface area contributed by atoms with E-state index in [1.165, 1.54) is 36.9 Å². The Bertz CT molecular complexity index is 802. The van der Waals surface area contributed by atoms with Gasteiger partial charge in [0.05, 0.1) is 5.92 Å². The van der Waals surface area contributed by atoms with E-state index in [1.807, 2.05) is 6.07 Å². The summed E-state index contributed by atoms with van der Waals surface area (Å²) in [6.07, 6.45) is 4.77. The summed E-state index contributed by atoms with van der Waals surface area (Å²) in [6.45, 7) is 3.32. The molecule has 2 saturated carbocycles. The molecule has 1 aliphatic heterocycles. The quantitative estimate of drug-likeness (QED) is 0.822. The van der Waals surface area contributed by atoms with Crippen LogP contribution in [-0.4, -0.2) is 29.9 Å². The van der Waals surface area contributed by atoms with Crippen LogP contribution in [0, 0.1) is 17.8 Å². The van der Waals surface area contributed by atoms with E-state index < -0.39 is 0 Å². The SMILES string of the molecule is O=C(NC1CCC2CN(Cc3ccccc3)CC21)C(c1ccccc1)C1CC1. The molecule has 1 amide bonds. The van der Waals surface area contributed by atoms with Crippen LogP contribution in [0.2, 0.25) is 0 Å². The van der Waals surface area contributed by atoms with Crippen LogP contribution < -0.4 is 5.32 Å². The van der Waals surface area contributed by atoms with Gasteiger partial charge in [0.2, 0.25) is 5.91 Å². The number of likely N-dealkylation sites (tertiary alicyclic amines) is 1. The van der Waals surface area contributed by atoms with E-state index >= 15 is 0 Å². The average molecular weight is 375 g/mol. The van der Waals surface area contributed by atoms with Crippen molar-refractivity contribution in [1.82, 2.24) is 10.2 Å². The van der Waals surface area contributed by atoms with Gasteiger partial charge in [0, 0.05) is 25.7 Å². The van der Waals surface area contributed by atoms with Crippen LogP contribution in [0.4, 0.5) is 0 Å². The van der Waals surface area contributed by atoms with E-state index in [1.54, 1.807) is 0 Å². The van der Waals surface area contributed by atoms with E-state index in [4.69, 9.17) is 0 Å². The fraction of sp³-hybridized carbons (Fsp3) is 0.480. The van der Waals surface area contributed by atoms with Gasteiger partial charge in [0.15, 0.2) is 0 Å². The average Bonchev–Trinajstić information content (AvgIpc) is 3.36. The summed E-state index contributed by atoms with van der Waals surface area (Å²) in [6, 6.07) is 21.5. The molecule has 3 nitrogen and oxygen atoms in total. The highest BCUT2D eigenvalue weighted by Crippen LogP contribution is 2.44. The summed E-state index contributed by atoms with van der Waals surface area (Å²) >= 11 is 0. The van der Waals surface area contributed by atoms with E-state index in [0.29, 0.717) is 17.9 Å². The highest BCUT2D eigenvalue weighted by molar-refractivity contribution is 5.84. The first-order valence-electron chi connectivity index (χ1n) is 10.9. The van der Waals surface area contributed by atoms with Crippen LogP contribution in [0.5, 0.6) is 0 Å². The number of hydrogen-bond donors (Lipinski definition) is 1. The molecule has 1 saturated heterocycles. The van der Waals surface area contributed by atoms with Gasteiger partial charge >= 0.3 is 0 Å². The Labute approximate surface area is 168 Å². The molecule has 0 aromatic heterocycles. The van der Waals surface area contributed by atoms with Crippen molar-refractivity contribution in [1.29, 1.82) is 0 Å². The minimum atomic E-state index is 0.0436. The van der Waals surface area contributed by atoms with Crippen LogP contribution in [0.1, 0.15) is 42.7 Å². The van der Waals surface area contributed by atoms with Gasteiger partial charge < -0.3 is 5.32 Å². The van der Waals surface area contributed by atoms with E-state index in [2.05, 4.69) is 64.8 Å². The van der Waals surface area contributed by atoms with Crippen molar-refractivity contribution in [2.24, 2.45) is 17.8 Å². The molecule has 0 radical (unpaired) electrons. The Hall–Kier alpha value is -2.13. The van der Waals surface area contributed by atoms with Gasteiger partial charge in [0.1, 0.15) is 0 Å². The topological polar surface area (TPSA) is 32.3 Å². The van der Waals surface area contributed by atoms with E-state index in [-0.39, 0.29) is 11.8 Å². The zero-order valence-electron chi connectivity index (χ0n) is 16.5. The second-order valence-electron chi connectivity index (χ2n) is 9.02. The standard InChI is InChI=1S/C25H30N2O/c28-25(24(20-11-12-20)19-9-5-2-6-10-19)26-23-14-13-21-16-27(17-22(21)23)15-18-7-3-1-4-8-18/h1-10,20-24H,11-17H2,(H,26,28). The first-order valence-corrected chi connectivity index (χ1v) is 10.9. The first-order chi connectivity index (χ1) is 13.8. The van der Waals surface area contributed by atoms with Gasteiger partial charge in [-0.05, 0) is 54.6 Å². The molecule has 3 aliphatic rings. The van der Waals surface area contributed by atoms with Crippen LogP contribution in [0.15, 0.2) is 60.7 Å². The molecule has 146 valence electrons. The zero-order chi connectivity index (χ0) is 18.9. The summed E-state index contributed by atoms with van der Waals surface area (Å²) in [5.74, 6) is 2.20. The molecule has 1 N–H and O–H groups in total. The van der Waals surface area contributed by atoms with Crippen LogP contribution in [0.25, 0.3) is 0 Å². The molecule has 1 heterocycles. The monoisotopic (exact) mass is 374 g/mol. The van der Waals surface area contributed by atoms with Gasteiger partial charge in [0.25, 0.3) is 0 Å². The number of nitrogens with zero attached hydrogens (tertiary/aromatic N) is 1. The van der Waals surface area contributed by atoms with E-state index in [0.717, 1.165) is 25.4 Å². The molecule has 4 atom stereocenters. The second-order valence-corrected chi connectivity index (χ2v) is 9.02. The van der Waals surface area contributed by atoms with Crippen molar-refractivity contribution in [3.8, 4) is 0 Å². The zero-order valence-corrected chi connectivity index (χ0v) is 16.5. The molecule has 0 spiro atoms. The highest BCUT2D eigenvalue weighted by Gasteiger charge is 2.45.